The SMILES string of the molecule is COc1ccc(/C=C/c2[nH]c(=O)[nH]c(=O)c2[N+](=O)[O-])cc1OC. The smallest absolute Gasteiger partial charge is 0.357 e. The minimum Gasteiger partial charge on any atom is -0.493 e. The van der Waals surface area contributed by atoms with E-state index in [9.17, 15) is 19.7 Å². The topological polar surface area (TPSA) is 127 Å². The monoisotopic (exact) mass is 319 g/mol. The molecule has 2 aromatic rings. The van der Waals surface area contributed by atoms with Crippen LogP contribution in [-0.2, 0) is 0 Å². The minimum absolute atomic E-state index is 0.196. The lowest BCUT2D eigenvalue weighted by Crippen LogP contribution is -2.25. The second-order valence-corrected chi connectivity index (χ2v) is 4.38. The summed E-state index contributed by atoms with van der Waals surface area (Å²) in [6, 6.07) is 4.99. The van der Waals surface area contributed by atoms with Gasteiger partial charge in [-0.25, -0.2) is 4.79 Å². The Morgan fingerprint density at radius 2 is 1.78 bits per heavy atom. The molecule has 120 valence electrons. The summed E-state index contributed by atoms with van der Waals surface area (Å²) in [4.78, 5) is 36.9. The third-order valence-corrected chi connectivity index (χ3v) is 2.98. The van der Waals surface area contributed by atoms with E-state index in [1.807, 2.05) is 4.98 Å². The van der Waals surface area contributed by atoms with Crippen molar-refractivity contribution in [3.63, 3.8) is 0 Å². The average Bonchev–Trinajstić information content (AvgIpc) is 2.51. The maximum absolute atomic E-state index is 11.5. The van der Waals surface area contributed by atoms with Crippen molar-refractivity contribution in [2.24, 2.45) is 0 Å². The van der Waals surface area contributed by atoms with E-state index in [0.29, 0.717) is 17.1 Å². The molecule has 1 aromatic heterocycles. The molecule has 0 radical (unpaired) electrons. The van der Waals surface area contributed by atoms with Gasteiger partial charge in [0.25, 0.3) is 0 Å². The molecule has 0 aliphatic rings. The number of nitrogens with one attached hydrogen (secondary N) is 2. The van der Waals surface area contributed by atoms with E-state index in [-0.39, 0.29) is 5.69 Å². The fourth-order valence-corrected chi connectivity index (χ4v) is 1.94. The largest absolute Gasteiger partial charge is 0.493 e. The van der Waals surface area contributed by atoms with E-state index >= 15 is 0 Å². The van der Waals surface area contributed by atoms with Crippen molar-refractivity contribution >= 4 is 17.8 Å². The summed E-state index contributed by atoms with van der Waals surface area (Å²) in [7, 11) is 2.97. The van der Waals surface area contributed by atoms with Crippen molar-refractivity contribution in [2.45, 2.75) is 0 Å². The molecule has 0 aliphatic carbocycles. The van der Waals surface area contributed by atoms with E-state index in [4.69, 9.17) is 9.47 Å². The number of hydrogen-bond donors (Lipinski definition) is 2. The summed E-state index contributed by atoms with van der Waals surface area (Å²) in [5, 5.41) is 10.9. The molecule has 1 aromatic carbocycles. The normalized spacial score (nSPS) is 10.7. The number of methoxy groups -OCH3 is 2. The minimum atomic E-state index is -1.06. The first-order chi connectivity index (χ1) is 11.0. The Bertz CT molecular complexity index is 881. The van der Waals surface area contributed by atoms with Gasteiger partial charge in [-0.05, 0) is 23.8 Å². The first-order valence-corrected chi connectivity index (χ1v) is 6.37. The Kier molecular flexibility index (Phi) is 4.60. The highest BCUT2D eigenvalue weighted by Gasteiger charge is 2.18. The van der Waals surface area contributed by atoms with Crippen LogP contribution in [0.5, 0.6) is 11.5 Å². The second kappa shape index (κ2) is 6.60. The number of benzene rings is 1. The summed E-state index contributed by atoms with van der Waals surface area (Å²) >= 11 is 0. The van der Waals surface area contributed by atoms with Gasteiger partial charge in [-0.15, -0.1) is 0 Å². The zero-order chi connectivity index (χ0) is 17.0. The van der Waals surface area contributed by atoms with Crippen molar-refractivity contribution in [3.05, 3.63) is 60.4 Å². The van der Waals surface area contributed by atoms with Crippen LogP contribution in [0.4, 0.5) is 5.69 Å². The van der Waals surface area contributed by atoms with Crippen molar-refractivity contribution in [1.82, 2.24) is 9.97 Å². The quantitative estimate of drug-likeness (QED) is 0.629. The second-order valence-electron chi connectivity index (χ2n) is 4.38. The molecule has 0 spiro atoms. The highest BCUT2D eigenvalue weighted by Crippen LogP contribution is 2.28. The molecule has 0 saturated heterocycles. The third-order valence-electron chi connectivity index (χ3n) is 2.98. The van der Waals surface area contributed by atoms with Gasteiger partial charge in [-0.1, -0.05) is 12.1 Å². The van der Waals surface area contributed by atoms with E-state index in [1.54, 1.807) is 18.2 Å². The first-order valence-electron chi connectivity index (χ1n) is 6.37. The summed E-state index contributed by atoms with van der Waals surface area (Å²) in [5.74, 6) is 1.00. The van der Waals surface area contributed by atoms with Crippen LogP contribution in [0.3, 0.4) is 0 Å². The van der Waals surface area contributed by atoms with E-state index in [0.717, 1.165) is 0 Å². The fourth-order valence-electron chi connectivity index (χ4n) is 1.94. The number of nitrogens with zero attached hydrogens (tertiary/aromatic N) is 1. The Labute approximate surface area is 129 Å². The maximum Gasteiger partial charge on any atom is 0.357 e. The molecule has 1 heterocycles. The molecular weight excluding hydrogens is 306 g/mol. The zero-order valence-electron chi connectivity index (χ0n) is 12.3. The molecule has 0 bridgehead atoms. The van der Waals surface area contributed by atoms with Gasteiger partial charge in [-0.3, -0.25) is 19.9 Å². The van der Waals surface area contributed by atoms with Gasteiger partial charge in [0.05, 0.1) is 19.1 Å². The van der Waals surface area contributed by atoms with Gasteiger partial charge in [-0.2, -0.15) is 0 Å². The van der Waals surface area contributed by atoms with Gasteiger partial charge >= 0.3 is 16.9 Å². The molecule has 23 heavy (non-hydrogen) atoms. The molecule has 2 rings (SSSR count). The molecule has 0 atom stereocenters. The summed E-state index contributed by atoms with van der Waals surface area (Å²) < 4.78 is 10.3. The van der Waals surface area contributed by atoms with Crippen molar-refractivity contribution in [2.75, 3.05) is 14.2 Å². The van der Waals surface area contributed by atoms with E-state index < -0.39 is 21.9 Å². The van der Waals surface area contributed by atoms with Crippen LogP contribution >= 0.6 is 0 Å². The Hall–Kier alpha value is -3.36. The number of rotatable bonds is 5. The Morgan fingerprint density at radius 3 is 2.39 bits per heavy atom. The molecule has 9 heteroatoms. The molecule has 0 amide bonds. The van der Waals surface area contributed by atoms with Gasteiger partial charge in [0.15, 0.2) is 11.5 Å². The van der Waals surface area contributed by atoms with Gasteiger partial charge in [0, 0.05) is 0 Å². The standard InChI is InChI=1S/C14H13N3O6/c1-22-10-6-4-8(7-11(10)23-2)3-5-9-12(17(20)21)13(18)16-14(19)15-9/h3-7H,1-2H3,(H2,15,16,18,19)/b5-3+. The van der Waals surface area contributed by atoms with Crippen molar-refractivity contribution < 1.29 is 14.4 Å². The number of hydrogen-bond acceptors (Lipinski definition) is 6. The van der Waals surface area contributed by atoms with Crippen molar-refractivity contribution in [3.8, 4) is 11.5 Å². The number of ether oxygens (including phenoxy) is 2. The van der Waals surface area contributed by atoms with Gasteiger partial charge < -0.3 is 14.5 Å². The zero-order valence-corrected chi connectivity index (χ0v) is 12.3. The third kappa shape index (κ3) is 3.46. The predicted octanol–water partition coefficient (Wildman–Crippen LogP) is 1.16. The molecule has 9 nitrogen and oxygen atoms in total. The molecule has 0 unspecified atom stereocenters. The maximum atomic E-state index is 11.5. The molecule has 2 N–H and O–H groups in total. The first kappa shape index (κ1) is 16.0. The molecule has 0 saturated carbocycles. The Balaban J connectivity index is 2.47. The number of aromatic amines is 2. The van der Waals surface area contributed by atoms with Crippen LogP contribution in [0, 0.1) is 10.1 Å². The molecule has 0 aliphatic heterocycles. The van der Waals surface area contributed by atoms with Gasteiger partial charge in [0.1, 0.15) is 5.69 Å². The lowest BCUT2D eigenvalue weighted by Gasteiger charge is -2.07. The summed E-state index contributed by atoms with van der Waals surface area (Å²) in [6.07, 6.45) is 2.77. The van der Waals surface area contributed by atoms with Crippen LogP contribution in [0.15, 0.2) is 27.8 Å². The predicted molar refractivity (Wildman–Crippen MR) is 82.8 cm³/mol. The van der Waals surface area contributed by atoms with Gasteiger partial charge in [0.2, 0.25) is 0 Å². The fraction of sp³-hybridized carbons (Fsp3) is 0.143. The highest BCUT2D eigenvalue weighted by atomic mass is 16.6. The average molecular weight is 319 g/mol. The molecular formula is C14H13N3O6. The van der Waals surface area contributed by atoms with E-state index in [2.05, 4.69) is 4.98 Å². The van der Waals surface area contributed by atoms with Crippen LogP contribution in [0.2, 0.25) is 0 Å². The number of aromatic nitrogens is 2. The van der Waals surface area contributed by atoms with Crippen LogP contribution in [0.25, 0.3) is 12.2 Å². The van der Waals surface area contributed by atoms with E-state index in [1.165, 1.54) is 26.4 Å². The number of H-pyrrole nitrogens is 2. The van der Waals surface area contributed by atoms with Crippen LogP contribution in [-0.4, -0.2) is 29.1 Å². The van der Waals surface area contributed by atoms with Crippen LogP contribution < -0.4 is 20.7 Å². The van der Waals surface area contributed by atoms with Crippen LogP contribution in [0.1, 0.15) is 11.3 Å². The Morgan fingerprint density at radius 1 is 1.09 bits per heavy atom. The lowest BCUT2D eigenvalue weighted by atomic mass is 10.1. The molecule has 0 fully saturated rings. The van der Waals surface area contributed by atoms with Crippen molar-refractivity contribution in [1.29, 1.82) is 0 Å². The summed E-state index contributed by atoms with van der Waals surface area (Å²) in [5.41, 5.74) is -2.18. The summed E-state index contributed by atoms with van der Waals surface area (Å²) in [6.45, 7) is 0. The number of nitro groups is 1. The lowest BCUT2D eigenvalue weighted by molar-refractivity contribution is -0.386. The highest BCUT2D eigenvalue weighted by molar-refractivity contribution is 5.72.